The van der Waals surface area contributed by atoms with Gasteiger partial charge in [0, 0.05) is 31.6 Å². The van der Waals surface area contributed by atoms with E-state index < -0.39 is 6.10 Å². The van der Waals surface area contributed by atoms with Gasteiger partial charge in [0.05, 0.1) is 19.3 Å². The number of hydrogen-bond donors (Lipinski definition) is 2. The molecular formula is C16H23NO4. The summed E-state index contributed by atoms with van der Waals surface area (Å²) >= 11 is 0. The van der Waals surface area contributed by atoms with E-state index in [9.17, 15) is 5.11 Å². The molecule has 1 unspecified atom stereocenters. The van der Waals surface area contributed by atoms with Gasteiger partial charge in [-0.1, -0.05) is 6.07 Å². The summed E-state index contributed by atoms with van der Waals surface area (Å²) in [6, 6.07) is 5.67. The highest BCUT2D eigenvalue weighted by molar-refractivity contribution is 5.44. The van der Waals surface area contributed by atoms with Crippen molar-refractivity contribution >= 4 is 0 Å². The molecule has 1 aromatic rings. The fourth-order valence-electron chi connectivity index (χ4n) is 3.07. The van der Waals surface area contributed by atoms with Crippen LogP contribution < -0.4 is 15.2 Å². The van der Waals surface area contributed by atoms with Crippen LogP contribution in [0.5, 0.6) is 11.5 Å². The van der Waals surface area contributed by atoms with Gasteiger partial charge < -0.3 is 25.1 Å². The molecule has 1 saturated heterocycles. The molecule has 0 bridgehead atoms. The average molecular weight is 293 g/mol. The van der Waals surface area contributed by atoms with Gasteiger partial charge in [0.2, 0.25) is 0 Å². The van der Waals surface area contributed by atoms with Crippen molar-refractivity contribution in [2.45, 2.75) is 25.4 Å². The molecule has 116 valence electrons. The lowest BCUT2D eigenvalue weighted by Gasteiger charge is -2.40. The molecule has 0 spiro atoms. The maximum Gasteiger partial charge on any atom is 0.161 e. The number of benzene rings is 1. The van der Waals surface area contributed by atoms with Crippen LogP contribution in [0.25, 0.3) is 0 Å². The smallest absolute Gasteiger partial charge is 0.161 e. The molecule has 1 atom stereocenters. The highest BCUT2D eigenvalue weighted by Crippen LogP contribution is 2.43. The Bertz CT molecular complexity index is 485. The van der Waals surface area contributed by atoms with Gasteiger partial charge in [-0.3, -0.25) is 0 Å². The van der Waals surface area contributed by atoms with Gasteiger partial charge in [-0.15, -0.1) is 0 Å². The Morgan fingerprint density at radius 2 is 1.81 bits per heavy atom. The summed E-state index contributed by atoms with van der Waals surface area (Å²) in [5.74, 6) is 1.46. The molecule has 3 rings (SSSR count). The van der Waals surface area contributed by atoms with Crippen molar-refractivity contribution in [3.05, 3.63) is 23.8 Å². The van der Waals surface area contributed by atoms with E-state index in [0.29, 0.717) is 38.7 Å². The molecule has 5 heteroatoms. The molecule has 0 aliphatic carbocycles. The lowest BCUT2D eigenvalue weighted by molar-refractivity contribution is -0.0582. The van der Waals surface area contributed by atoms with Crippen molar-refractivity contribution in [2.24, 2.45) is 11.1 Å². The van der Waals surface area contributed by atoms with E-state index in [1.807, 2.05) is 18.2 Å². The lowest BCUT2D eigenvalue weighted by Crippen LogP contribution is -2.41. The molecule has 21 heavy (non-hydrogen) atoms. The maximum absolute atomic E-state index is 10.8. The Labute approximate surface area is 125 Å². The van der Waals surface area contributed by atoms with E-state index in [1.165, 1.54) is 0 Å². The third kappa shape index (κ3) is 2.86. The zero-order valence-corrected chi connectivity index (χ0v) is 12.2. The fraction of sp³-hybridized carbons (Fsp3) is 0.625. The second-order valence-electron chi connectivity index (χ2n) is 5.84. The van der Waals surface area contributed by atoms with Crippen molar-refractivity contribution in [3.8, 4) is 11.5 Å². The Morgan fingerprint density at radius 3 is 2.52 bits per heavy atom. The van der Waals surface area contributed by atoms with Gasteiger partial charge in [0.25, 0.3) is 0 Å². The van der Waals surface area contributed by atoms with E-state index in [2.05, 4.69) is 0 Å². The summed E-state index contributed by atoms with van der Waals surface area (Å²) in [7, 11) is 0. The van der Waals surface area contributed by atoms with Crippen molar-refractivity contribution in [3.63, 3.8) is 0 Å². The molecule has 3 N–H and O–H groups in total. The number of aliphatic hydroxyl groups is 1. The minimum absolute atomic E-state index is 0.307. The van der Waals surface area contributed by atoms with Crippen LogP contribution in [0.3, 0.4) is 0 Å². The van der Waals surface area contributed by atoms with E-state index in [1.54, 1.807) is 0 Å². The zero-order valence-electron chi connectivity index (χ0n) is 12.2. The first kappa shape index (κ1) is 14.6. The second kappa shape index (κ2) is 6.22. The van der Waals surface area contributed by atoms with Crippen LogP contribution in [0.15, 0.2) is 18.2 Å². The molecule has 0 amide bonds. The highest BCUT2D eigenvalue weighted by atomic mass is 16.5. The predicted octanol–water partition coefficient (Wildman–Crippen LogP) is 1.64. The normalized spacial score (nSPS) is 22.4. The molecule has 1 fully saturated rings. The van der Waals surface area contributed by atoms with Crippen LogP contribution in [-0.4, -0.2) is 38.1 Å². The third-order valence-electron chi connectivity index (χ3n) is 4.56. The highest BCUT2D eigenvalue weighted by Gasteiger charge is 2.39. The SMILES string of the molecule is NCC1(C(O)c2ccc3c(c2)OCCCO3)CCOCC1. The quantitative estimate of drug-likeness (QED) is 0.886. The first-order chi connectivity index (χ1) is 10.2. The van der Waals surface area contributed by atoms with E-state index in [4.69, 9.17) is 19.9 Å². The van der Waals surface area contributed by atoms with Crippen molar-refractivity contribution in [2.75, 3.05) is 33.0 Å². The van der Waals surface area contributed by atoms with Crippen molar-refractivity contribution < 1.29 is 19.3 Å². The van der Waals surface area contributed by atoms with Crippen LogP contribution in [0, 0.1) is 5.41 Å². The number of hydrogen-bond acceptors (Lipinski definition) is 5. The van der Waals surface area contributed by atoms with Gasteiger partial charge in [-0.2, -0.15) is 0 Å². The molecule has 1 aromatic carbocycles. The third-order valence-corrected chi connectivity index (χ3v) is 4.56. The molecule has 2 heterocycles. The summed E-state index contributed by atoms with van der Waals surface area (Å²) < 4.78 is 16.7. The second-order valence-corrected chi connectivity index (χ2v) is 5.84. The minimum Gasteiger partial charge on any atom is -0.490 e. The predicted molar refractivity (Wildman–Crippen MR) is 78.5 cm³/mol. The maximum atomic E-state index is 10.8. The van der Waals surface area contributed by atoms with Crippen LogP contribution in [0.1, 0.15) is 30.9 Å². The van der Waals surface area contributed by atoms with Crippen molar-refractivity contribution in [1.29, 1.82) is 0 Å². The van der Waals surface area contributed by atoms with Gasteiger partial charge in [-0.05, 0) is 30.5 Å². The van der Waals surface area contributed by atoms with E-state index >= 15 is 0 Å². The van der Waals surface area contributed by atoms with Crippen LogP contribution >= 0.6 is 0 Å². The summed E-state index contributed by atoms with van der Waals surface area (Å²) in [4.78, 5) is 0. The van der Waals surface area contributed by atoms with Gasteiger partial charge in [-0.25, -0.2) is 0 Å². The van der Waals surface area contributed by atoms with Gasteiger partial charge in [0.15, 0.2) is 11.5 Å². The Kier molecular flexibility index (Phi) is 4.33. The number of nitrogens with two attached hydrogens (primary N) is 1. The number of aliphatic hydroxyl groups excluding tert-OH is 1. The molecule has 0 radical (unpaired) electrons. The number of rotatable bonds is 3. The van der Waals surface area contributed by atoms with E-state index in [-0.39, 0.29) is 5.41 Å². The zero-order chi connectivity index (χ0) is 14.7. The van der Waals surface area contributed by atoms with Crippen LogP contribution in [0.2, 0.25) is 0 Å². The standard InChI is InChI=1S/C16H23NO4/c17-11-16(4-8-19-9-5-16)15(18)12-2-3-13-14(10-12)21-7-1-6-20-13/h2-3,10,15,18H,1,4-9,11,17H2. The number of fused-ring (bicyclic) bond motifs is 1. The molecule has 2 aliphatic rings. The topological polar surface area (TPSA) is 73.9 Å². The molecule has 0 saturated carbocycles. The average Bonchev–Trinajstić information content (AvgIpc) is 2.79. The minimum atomic E-state index is -0.608. The molecule has 0 aromatic heterocycles. The summed E-state index contributed by atoms with van der Waals surface area (Å²) in [6.07, 6.45) is 1.82. The van der Waals surface area contributed by atoms with Crippen molar-refractivity contribution in [1.82, 2.24) is 0 Å². The summed E-state index contributed by atoms with van der Waals surface area (Å²) in [5, 5.41) is 10.8. The first-order valence-electron chi connectivity index (χ1n) is 7.61. The summed E-state index contributed by atoms with van der Waals surface area (Å²) in [6.45, 7) is 3.06. The van der Waals surface area contributed by atoms with E-state index in [0.717, 1.165) is 30.6 Å². The Balaban J connectivity index is 1.86. The summed E-state index contributed by atoms with van der Waals surface area (Å²) in [5.41, 5.74) is 6.50. The van der Waals surface area contributed by atoms with Crippen LogP contribution in [-0.2, 0) is 4.74 Å². The lowest BCUT2D eigenvalue weighted by atomic mass is 9.73. The fourth-order valence-corrected chi connectivity index (χ4v) is 3.07. The number of ether oxygens (including phenoxy) is 3. The largest absolute Gasteiger partial charge is 0.490 e. The molecule has 5 nitrogen and oxygen atoms in total. The first-order valence-corrected chi connectivity index (χ1v) is 7.61. The molecular weight excluding hydrogens is 270 g/mol. The van der Waals surface area contributed by atoms with Crippen LogP contribution in [0.4, 0.5) is 0 Å². The Hall–Kier alpha value is -1.30. The van der Waals surface area contributed by atoms with Gasteiger partial charge in [0.1, 0.15) is 0 Å². The monoisotopic (exact) mass is 293 g/mol. The Morgan fingerprint density at radius 1 is 1.10 bits per heavy atom. The molecule has 2 aliphatic heterocycles. The van der Waals surface area contributed by atoms with Gasteiger partial charge >= 0.3 is 0 Å².